The van der Waals surface area contributed by atoms with Gasteiger partial charge in [0.2, 0.25) is 0 Å². The van der Waals surface area contributed by atoms with Crippen molar-refractivity contribution in [1.29, 1.82) is 0 Å². The molecular formula is C12H16N2O. The van der Waals surface area contributed by atoms with Crippen molar-refractivity contribution in [3.8, 4) is 0 Å². The van der Waals surface area contributed by atoms with E-state index in [-0.39, 0.29) is 0 Å². The molecule has 0 aliphatic rings. The molecule has 80 valence electrons. The maximum absolute atomic E-state index is 5.12. The lowest BCUT2D eigenvalue weighted by atomic mass is 10.2. The van der Waals surface area contributed by atoms with Crippen molar-refractivity contribution in [2.45, 2.75) is 27.0 Å². The SMILES string of the molecule is CCn1c(CON)cc2ccc(C)cc21. The number of fused-ring (bicyclic) bond motifs is 1. The Morgan fingerprint density at radius 3 is 2.80 bits per heavy atom. The van der Waals surface area contributed by atoms with Gasteiger partial charge in [-0.15, -0.1) is 0 Å². The van der Waals surface area contributed by atoms with Crippen molar-refractivity contribution in [3.63, 3.8) is 0 Å². The summed E-state index contributed by atoms with van der Waals surface area (Å²) in [5, 5.41) is 1.24. The molecule has 0 atom stereocenters. The van der Waals surface area contributed by atoms with Gasteiger partial charge in [0.15, 0.2) is 0 Å². The molecule has 2 N–H and O–H groups in total. The third-order valence-electron chi connectivity index (χ3n) is 2.69. The molecule has 0 unspecified atom stereocenters. The fraction of sp³-hybridized carbons (Fsp3) is 0.333. The maximum atomic E-state index is 5.12. The largest absolute Gasteiger partial charge is 0.343 e. The van der Waals surface area contributed by atoms with Crippen LogP contribution in [0.25, 0.3) is 10.9 Å². The van der Waals surface area contributed by atoms with Crippen LogP contribution in [0, 0.1) is 6.92 Å². The Hall–Kier alpha value is -1.32. The molecule has 15 heavy (non-hydrogen) atoms. The van der Waals surface area contributed by atoms with E-state index < -0.39 is 0 Å². The van der Waals surface area contributed by atoms with Crippen LogP contribution in [0.1, 0.15) is 18.2 Å². The maximum Gasteiger partial charge on any atom is 0.108 e. The average Bonchev–Trinajstić information content (AvgIpc) is 2.55. The highest BCUT2D eigenvalue weighted by Gasteiger charge is 2.06. The molecule has 1 aromatic heterocycles. The van der Waals surface area contributed by atoms with E-state index in [2.05, 4.69) is 42.7 Å². The fourth-order valence-corrected chi connectivity index (χ4v) is 2.00. The Morgan fingerprint density at radius 1 is 1.33 bits per heavy atom. The van der Waals surface area contributed by atoms with Gasteiger partial charge in [0.05, 0.1) is 0 Å². The van der Waals surface area contributed by atoms with Gasteiger partial charge in [-0.3, -0.25) is 4.84 Å². The monoisotopic (exact) mass is 204 g/mol. The van der Waals surface area contributed by atoms with Gasteiger partial charge in [-0.05, 0) is 36.9 Å². The predicted octanol–water partition coefficient (Wildman–Crippen LogP) is 2.36. The Labute approximate surface area is 89.4 Å². The van der Waals surface area contributed by atoms with Crippen LogP contribution in [-0.4, -0.2) is 4.57 Å². The van der Waals surface area contributed by atoms with Crippen LogP contribution in [0.5, 0.6) is 0 Å². The number of nitrogens with zero attached hydrogens (tertiary/aromatic N) is 1. The van der Waals surface area contributed by atoms with Gasteiger partial charge in [-0.2, -0.15) is 0 Å². The van der Waals surface area contributed by atoms with Crippen LogP contribution < -0.4 is 5.90 Å². The zero-order valence-electron chi connectivity index (χ0n) is 9.16. The van der Waals surface area contributed by atoms with Crippen molar-refractivity contribution >= 4 is 10.9 Å². The summed E-state index contributed by atoms with van der Waals surface area (Å²) in [5.41, 5.74) is 3.65. The second-order valence-electron chi connectivity index (χ2n) is 3.75. The van der Waals surface area contributed by atoms with Crippen LogP contribution >= 0.6 is 0 Å². The zero-order valence-corrected chi connectivity index (χ0v) is 9.16. The number of hydrogen-bond acceptors (Lipinski definition) is 2. The number of aromatic nitrogens is 1. The topological polar surface area (TPSA) is 40.2 Å². The first kappa shape index (κ1) is 10.2. The average molecular weight is 204 g/mol. The lowest BCUT2D eigenvalue weighted by molar-refractivity contribution is 0.119. The standard InChI is InChI=1S/C12H16N2O/c1-3-14-11(8-15-13)7-10-5-4-9(2)6-12(10)14/h4-7H,3,8,13H2,1-2H3. The number of aryl methyl sites for hydroxylation is 2. The van der Waals surface area contributed by atoms with E-state index >= 15 is 0 Å². The Kier molecular flexibility index (Phi) is 2.75. The Balaban J connectivity index is 2.63. The van der Waals surface area contributed by atoms with Crippen LogP contribution in [0.15, 0.2) is 24.3 Å². The van der Waals surface area contributed by atoms with Gasteiger partial charge in [-0.1, -0.05) is 12.1 Å². The van der Waals surface area contributed by atoms with Gasteiger partial charge >= 0.3 is 0 Å². The molecule has 0 amide bonds. The number of benzene rings is 1. The Bertz CT molecular complexity index is 474. The zero-order chi connectivity index (χ0) is 10.8. The third kappa shape index (κ3) is 1.76. The highest BCUT2D eigenvalue weighted by molar-refractivity contribution is 5.82. The molecule has 0 radical (unpaired) electrons. The van der Waals surface area contributed by atoms with E-state index in [1.807, 2.05) is 0 Å². The van der Waals surface area contributed by atoms with Crippen molar-refractivity contribution in [2.24, 2.45) is 5.90 Å². The lowest BCUT2D eigenvalue weighted by Crippen LogP contribution is -2.05. The van der Waals surface area contributed by atoms with E-state index in [0.29, 0.717) is 6.61 Å². The van der Waals surface area contributed by atoms with E-state index in [4.69, 9.17) is 10.7 Å². The lowest BCUT2D eigenvalue weighted by Gasteiger charge is -2.06. The van der Waals surface area contributed by atoms with E-state index in [0.717, 1.165) is 12.2 Å². The fourth-order valence-electron chi connectivity index (χ4n) is 2.00. The molecule has 1 aromatic carbocycles. The molecule has 1 heterocycles. The van der Waals surface area contributed by atoms with Gasteiger partial charge in [0.1, 0.15) is 6.61 Å². The molecule has 3 nitrogen and oxygen atoms in total. The molecule has 2 rings (SSSR count). The first-order valence-corrected chi connectivity index (χ1v) is 5.16. The molecule has 0 spiro atoms. The molecule has 0 fully saturated rings. The highest BCUT2D eigenvalue weighted by atomic mass is 16.6. The van der Waals surface area contributed by atoms with Gasteiger partial charge < -0.3 is 4.57 Å². The second kappa shape index (κ2) is 4.04. The van der Waals surface area contributed by atoms with Crippen LogP contribution in [0.3, 0.4) is 0 Å². The molecule has 0 saturated carbocycles. The van der Waals surface area contributed by atoms with Crippen LogP contribution in [-0.2, 0) is 18.0 Å². The molecule has 2 aromatic rings. The molecule has 0 bridgehead atoms. The van der Waals surface area contributed by atoms with Crippen LogP contribution in [0.4, 0.5) is 0 Å². The van der Waals surface area contributed by atoms with Crippen molar-refractivity contribution in [2.75, 3.05) is 0 Å². The minimum absolute atomic E-state index is 0.460. The number of hydrogen-bond donors (Lipinski definition) is 1. The smallest absolute Gasteiger partial charge is 0.108 e. The third-order valence-corrected chi connectivity index (χ3v) is 2.69. The quantitative estimate of drug-likeness (QED) is 0.780. The summed E-state index contributed by atoms with van der Waals surface area (Å²) in [7, 11) is 0. The summed E-state index contributed by atoms with van der Waals surface area (Å²) in [5.74, 6) is 5.12. The van der Waals surface area contributed by atoms with Gasteiger partial charge in [0, 0.05) is 17.8 Å². The first-order chi connectivity index (χ1) is 7.26. The number of rotatable bonds is 3. The minimum atomic E-state index is 0.460. The van der Waals surface area contributed by atoms with E-state index in [1.165, 1.54) is 16.5 Å². The predicted molar refractivity (Wildman–Crippen MR) is 61.3 cm³/mol. The first-order valence-electron chi connectivity index (χ1n) is 5.16. The van der Waals surface area contributed by atoms with Crippen molar-refractivity contribution in [1.82, 2.24) is 4.57 Å². The Morgan fingerprint density at radius 2 is 2.13 bits per heavy atom. The summed E-state index contributed by atoms with van der Waals surface area (Å²) in [4.78, 5) is 4.71. The minimum Gasteiger partial charge on any atom is -0.343 e. The normalized spacial score (nSPS) is 11.1. The van der Waals surface area contributed by atoms with Crippen molar-refractivity contribution in [3.05, 3.63) is 35.5 Å². The summed E-state index contributed by atoms with van der Waals surface area (Å²) in [6.07, 6.45) is 0. The van der Waals surface area contributed by atoms with E-state index in [9.17, 15) is 0 Å². The summed E-state index contributed by atoms with van der Waals surface area (Å²) in [6.45, 7) is 5.63. The summed E-state index contributed by atoms with van der Waals surface area (Å²) < 4.78 is 2.23. The molecule has 0 aliphatic carbocycles. The van der Waals surface area contributed by atoms with Crippen molar-refractivity contribution < 1.29 is 4.84 Å². The highest BCUT2D eigenvalue weighted by Crippen LogP contribution is 2.21. The second-order valence-corrected chi connectivity index (χ2v) is 3.75. The van der Waals surface area contributed by atoms with Gasteiger partial charge in [-0.25, -0.2) is 5.90 Å². The molecule has 0 aliphatic heterocycles. The van der Waals surface area contributed by atoms with Crippen LogP contribution in [0.2, 0.25) is 0 Å². The van der Waals surface area contributed by atoms with E-state index in [1.54, 1.807) is 0 Å². The molecule has 0 saturated heterocycles. The number of nitrogens with two attached hydrogens (primary N) is 1. The summed E-state index contributed by atoms with van der Waals surface area (Å²) >= 11 is 0. The van der Waals surface area contributed by atoms with Gasteiger partial charge in [0.25, 0.3) is 0 Å². The molecule has 3 heteroatoms. The summed E-state index contributed by atoms with van der Waals surface area (Å²) in [6, 6.07) is 8.58. The molecular weight excluding hydrogens is 188 g/mol.